The minimum absolute atomic E-state index is 0.0741. The van der Waals surface area contributed by atoms with Gasteiger partial charge in [0.15, 0.2) is 9.84 Å². The van der Waals surface area contributed by atoms with Gasteiger partial charge in [0.05, 0.1) is 11.1 Å². The zero-order valence-corrected chi connectivity index (χ0v) is 6.83. The minimum Gasteiger partial charge on any atom is -0.307 e. The van der Waals surface area contributed by atoms with Crippen LogP contribution in [0.15, 0.2) is 0 Å². The maximum absolute atomic E-state index is 10.9. The van der Waals surface area contributed by atoms with Crippen LogP contribution in [-0.2, 0) is 9.84 Å². The van der Waals surface area contributed by atoms with E-state index in [9.17, 15) is 8.42 Å². The maximum Gasteiger partial charge on any atom is 0.165 e. The summed E-state index contributed by atoms with van der Waals surface area (Å²) in [5.41, 5.74) is 0. The molecule has 0 aliphatic carbocycles. The van der Waals surface area contributed by atoms with Crippen LogP contribution >= 0.6 is 0 Å². The lowest BCUT2D eigenvalue weighted by Gasteiger charge is -2.04. The summed E-state index contributed by atoms with van der Waals surface area (Å²) in [6, 6.07) is 0. The average Bonchev–Trinajstić information content (AvgIpc) is 1.65. The number of hydrogen-bond acceptors (Lipinski definition) is 3. The van der Waals surface area contributed by atoms with Crippen LogP contribution in [0.3, 0.4) is 0 Å². The van der Waals surface area contributed by atoms with Crippen LogP contribution in [0.2, 0.25) is 0 Å². The Morgan fingerprint density at radius 1 is 1.44 bits per heavy atom. The second kappa shape index (κ2) is 3.17. The van der Waals surface area contributed by atoms with E-state index in [1.54, 1.807) is 20.9 Å². The molecule has 0 radical (unpaired) electrons. The molecule has 0 spiro atoms. The lowest BCUT2D eigenvalue weighted by molar-refractivity contribution is 0.583. The molecule has 1 N–H and O–H groups in total. The average molecular weight is 151 g/mol. The molecule has 0 saturated heterocycles. The summed E-state index contributed by atoms with van der Waals surface area (Å²) in [6.45, 7) is 3.35. The first-order chi connectivity index (χ1) is 4.00. The second-order valence-electron chi connectivity index (χ2n) is 2.21. The zero-order chi connectivity index (χ0) is 7.49. The van der Waals surface area contributed by atoms with Crippen LogP contribution in [0.1, 0.15) is 13.8 Å². The molecular formula is C5H13NO2S. The van der Waals surface area contributed by atoms with Crippen molar-refractivity contribution in [1.29, 1.82) is 0 Å². The van der Waals surface area contributed by atoms with Crippen molar-refractivity contribution >= 4 is 9.84 Å². The van der Waals surface area contributed by atoms with E-state index >= 15 is 0 Å². The number of sulfone groups is 1. The van der Waals surface area contributed by atoms with Gasteiger partial charge in [-0.15, -0.1) is 0 Å². The molecule has 0 fully saturated rings. The minimum atomic E-state index is -2.86. The summed E-state index contributed by atoms with van der Waals surface area (Å²) < 4.78 is 21.7. The predicted molar refractivity (Wildman–Crippen MR) is 38.0 cm³/mol. The van der Waals surface area contributed by atoms with Crippen LogP contribution in [0, 0.1) is 0 Å². The molecule has 0 aliphatic heterocycles. The molecule has 0 aliphatic rings. The summed E-state index contributed by atoms with van der Waals surface area (Å²) >= 11 is 0. The lowest BCUT2D eigenvalue weighted by atomic mass is 10.6. The molecule has 0 unspecified atom stereocenters. The summed E-state index contributed by atoms with van der Waals surface area (Å²) in [5, 5.41) is 2.33. The first kappa shape index (κ1) is 8.91. The molecule has 0 aromatic carbocycles. The van der Waals surface area contributed by atoms with Gasteiger partial charge in [-0.05, 0) is 20.9 Å². The second-order valence-corrected chi connectivity index (χ2v) is 4.77. The molecule has 4 heteroatoms. The summed E-state index contributed by atoms with van der Waals surface area (Å²) in [4.78, 5) is 0. The summed E-state index contributed by atoms with van der Waals surface area (Å²) in [7, 11) is -1.23. The number of hydrogen-bond donors (Lipinski definition) is 1. The lowest BCUT2D eigenvalue weighted by Crippen LogP contribution is -2.25. The number of nitrogens with one attached hydrogen (secondary N) is 1. The van der Waals surface area contributed by atoms with Crippen molar-refractivity contribution in [2.75, 3.05) is 12.9 Å². The van der Waals surface area contributed by atoms with E-state index in [1.807, 2.05) is 0 Å². The van der Waals surface area contributed by atoms with Gasteiger partial charge < -0.3 is 5.32 Å². The highest BCUT2D eigenvalue weighted by molar-refractivity contribution is 7.91. The van der Waals surface area contributed by atoms with Crippen molar-refractivity contribution in [1.82, 2.24) is 5.32 Å². The SMILES string of the molecule is CNCS(=O)(=O)C(C)C. The van der Waals surface area contributed by atoms with E-state index in [0.717, 1.165) is 0 Å². The Morgan fingerprint density at radius 3 is 2.00 bits per heavy atom. The Hall–Kier alpha value is -0.0900. The van der Waals surface area contributed by atoms with Gasteiger partial charge in [0.25, 0.3) is 0 Å². The van der Waals surface area contributed by atoms with E-state index in [4.69, 9.17) is 0 Å². The molecule has 0 amide bonds. The Morgan fingerprint density at radius 2 is 1.89 bits per heavy atom. The van der Waals surface area contributed by atoms with Gasteiger partial charge in [0.1, 0.15) is 0 Å². The van der Waals surface area contributed by atoms with Gasteiger partial charge in [-0.25, -0.2) is 8.42 Å². The number of rotatable bonds is 3. The molecule has 0 aromatic heterocycles. The Kier molecular flexibility index (Phi) is 3.14. The first-order valence-electron chi connectivity index (χ1n) is 2.87. The Labute approximate surface area is 56.4 Å². The van der Waals surface area contributed by atoms with E-state index in [2.05, 4.69) is 5.32 Å². The molecule has 0 bridgehead atoms. The van der Waals surface area contributed by atoms with Gasteiger partial charge in [-0.3, -0.25) is 0 Å². The summed E-state index contributed by atoms with van der Waals surface area (Å²) in [5.74, 6) is 0.0741. The van der Waals surface area contributed by atoms with Crippen LogP contribution < -0.4 is 5.32 Å². The third kappa shape index (κ3) is 2.81. The van der Waals surface area contributed by atoms with Crippen LogP contribution in [0.5, 0.6) is 0 Å². The molecule has 0 heterocycles. The smallest absolute Gasteiger partial charge is 0.165 e. The van der Waals surface area contributed by atoms with Gasteiger partial charge in [0, 0.05) is 0 Å². The quantitative estimate of drug-likeness (QED) is 0.617. The van der Waals surface area contributed by atoms with E-state index < -0.39 is 9.84 Å². The zero-order valence-electron chi connectivity index (χ0n) is 6.01. The molecule has 0 rings (SSSR count). The van der Waals surface area contributed by atoms with Gasteiger partial charge >= 0.3 is 0 Å². The van der Waals surface area contributed by atoms with Gasteiger partial charge in [-0.1, -0.05) is 0 Å². The van der Waals surface area contributed by atoms with Gasteiger partial charge in [-0.2, -0.15) is 0 Å². The fourth-order valence-corrected chi connectivity index (χ4v) is 1.10. The Bertz CT molecular complexity index is 160. The van der Waals surface area contributed by atoms with Crippen LogP contribution in [-0.4, -0.2) is 26.6 Å². The molecule has 0 atom stereocenters. The van der Waals surface area contributed by atoms with Crippen molar-refractivity contribution in [3.63, 3.8) is 0 Å². The molecule has 9 heavy (non-hydrogen) atoms. The summed E-state index contributed by atoms with van der Waals surface area (Å²) in [6.07, 6.45) is 0. The highest BCUT2D eigenvalue weighted by Crippen LogP contribution is 1.96. The molecule has 56 valence electrons. The molecular weight excluding hydrogens is 138 g/mol. The fourth-order valence-electron chi connectivity index (χ4n) is 0.368. The highest BCUT2D eigenvalue weighted by Gasteiger charge is 2.13. The predicted octanol–water partition coefficient (Wildman–Crippen LogP) is -0.0135. The topological polar surface area (TPSA) is 46.2 Å². The van der Waals surface area contributed by atoms with E-state index in [0.29, 0.717) is 0 Å². The van der Waals surface area contributed by atoms with E-state index in [-0.39, 0.29) is 11.1 Å². The standard InChI is InChI=1S/C5H13NO2S/c1-5(2)9(7,8)4-6-3/h5-6H,4H2,1-3H3. The van der Waals surface area contributed by atoms with Crippen molar-refractivity contribution in [2.24, 2.45) is 0 Å². The third-order valence-corrected chi connectivity index (χ3v) is 3.19. The maximum atomic E-state index is 10.9. The van der Waals surface area contributed by atoms with E-state index in [1.165, 1.54) is 0 Å². The van der Waals surface area contributed by atoms with Crippen molar-refractivity contribution in [3.05, 3.63) is 0 Å². The largest absolute Gasteiger partial charge is 0.307 e. The highest BCUT2D eigenvalue weighted by atomic mass is 32.2. The normalized spacial score (nSPS) is 12.4. The van der Waals surface area contributed by atoms with Gasteiger partial charge in [0.2, 0.25) is 0 Å². The van der Waals surface area contributed by atoms with Crippen molar-refractivity contribution in [3.8, 4) is 0 Å². The van der Waals surface area contributed by atoms with Crippen molar-refractivity contribution < 1.29 is 8.42 Å². The molecule has 0 saturated carbocycles. The van der Waals surface area contributed by atoms with Crippen LogP contribution in [0.25, 0.3) is 0 Å². The third-order valence-electron chi connectivity index (χ3n) is 1.06. The van der Waals surface area contributed by atoms with Crippen molar-refractivity contribution in [2.45, 2.75) is 19.1 Å². The fraction of sp³-hybridized carbons (Fsp3) is 1.00. The molecule has 3 nitrogen and oxygen atoms in total. The first-order valence-corrected chi connectivity index (χ1v) is 4.58. The van der Waals surface area contributed by atoms with Crippen LogP contribution in [0.4, 0.5) is 0 Å². The monoisotopic (exact) mass is 151 g/mol. The Balaban J connectivity index is 4.05. The molecule has 0 aromatic rings.